The minimum Gasteiger partial charge on any atom is -0.281 e. The molecule has 4 rings (SSSR count). The minimum absolute atomic E-state index is 0.0947. The van der Waals surface area contributed by atoms with E-state index in [9.17, 15) is 4.79 Å². The molecule has 0 aliphatic rings. The molecule has 2 aromatic carbocycles. The summed E-state index contributed by atoms with van der Waals surface area (Å²) < 4.78 is 1.58. The normalized spacial score (nSPS) is 11.1. The van der Waals surface area contributed by atoms with Gasteiger partial charge in [-0.1, -0.05) is 60.7 Å². The lowest BCUT2D eigenvalue weighted by Gasteiger charge is -2.22. The van der Waals surface area contributed by atoms with Gasteiger partial charge in [-0.3, -0.25) is 10.2 Å². The van der Waals surface area contributed by atoms with Crippen LogP contribution in [0.25, 0.3) is 5.78 Å². The molecule has 2 heterocycles. The van der Waals surface area contributed by atoms with Crippen LogP contribution in [0.3, 0.4) is 0 Å². The number of rotatable bonds is 6. The number of carbonyl (C=O) groups is 1. The van der Waals surface area contributed by atoms with Gasteiger partial charge in [0.25, 0.3) is 5.78 Å². The van der Waals surface area contributed by atoms with Crippen molar-refractivity contribution >= 4 is 11.7 Å². The maximum absolute atomic E-state index is 12.9. The second-order valence-electron chi connectivity index (χ2n) is 6.95. The van der Waals surface area contributed by atoms with Crippen molar-refractivity contribution in [2.75, 3.05) is 0 Å². The zero-order chi connectivity index (χ0) is 20.2. The maximum Gasteiger partial charge on any atom is 0.305 e. The minimum atomic E-state index is -0.362. The summed E-state index contributed by atoms with van der Waals surface area (Å²) in [6.45, 7) is 4.93. The summed E-state index contributed by atoms with van der Waals surface area (Å²) in [7, 11) is 0. The van der Waals surface area contributed by atoms with Crippen LogP contribution in [-0.2, 0) is 13.1 Å². The van der Waals surface area contributed by atoms with Gasteiger partial charge in [-0.05, 0) is 31.0 Å². The van der Waals surface area contributed by atoms with Gasteiger partial charge in [0.15, 0.2) is 0 Å². The molecule has 0 aliphatic heterocycles. The molecule has 1 N–H and O–H groups in total. The second kappa shape index (κ2) is 8.20. The summed E-state index contributed by atoms with van der Waals surface area (Å²) in [5.74, 6) is 0.155. The van der Waals surface area contributed by atoms with Crippen LogP contribution < -0.4 is 5.43 Å². The fourth-order valence-corrected chi connectivity index (χ4v) is 3.20. The average Bonchev–Trinajstić information content (AvgIpc) is 3.14. The molecule has 0 unspecified atom stereocenters. The number of hydrazine groups is 1. The van der Waals surface area contributed by atoms with E-state index < -0.39 is 0 Å². The van der Waals surface area contributed by atoms with Gasteiger partial charge < -0.3 is 0 Å². The Morgan fingerprint density at radius 1 is 0.931 bits per heavy atom. The summed E-state index contributed by atoms with van der Waals surface area (Å²) in [6.07, 6.45) is 0. The van der Waals surface area contributed by atoms with Gasteiger partial charge in [-0.25, -0.2) is 14.5 Å². The first kappa shape index (κ1) is 18.8. The van der Waals surface area contributed by atoms with Crippen molar-refractivity contribution in [2.45, 2.75) is 26.9 Å². The quantitative estimate of drug-likeness (QED) is 0.516. The number of benzene rings is 2. The molecule has 7 nitrogen and oxygen atoms in total. The fraction of sp³-hybridized carbons (Fsp3) is 0.182. The van der Waals surface area contributed by atoms with Crippen molar-refractivity contribution in [3.63, 3.8) is 0 Å². The van der Waals surface area contributed by atoms with Gasteiger partial charge >= 0.3 is 5.91 Å². The predicted octanol–water partition coefficient (Wildman–Crippen LogP) is 3.09. The van der Waals surface area contributed by atoms with Crippen molar-refractivity contribution in [1.82, 2.24) is 30.0 Å². The number of fused-ring (bicyclic) bond motifs is 1. The Kier molecular flexibility index (Phi) is 5.31. The van der Waals surface area contributed by atoms with E-state index in [1.54, 1.807) is 4.52 Å². The molecule has 0 spiro atoms. The Morgan fingerprint density at radius 2 is 1.52 bits per heavy atom. The largest absolute Gasteiger partial charge is 0.305 e. The molecule has 0 saturated carbocycles. The van der Waals surface area contributed by atoms with E-state index in [1.165, 1.54) is 0 Å². The molecular formula is C22H22N6O. The van der Waals surface area contributed by atoms with Gasteiger partial charge in [0.1, 0.15) is 0 Å². The number of nitrogens with one attached hydrogen (secondary N) is 1. The number of aryl methyl sites for hydroxylation is 2. The molecule has 1 amide bonds. The molecule has 0 atom stereocenters. The topological polar surface area (TPSA) is 75.4 Å². The standard InChI is InChI=1S/C22H22N6O/c1-16-13-17(2)28-22(23-16)24-20(25-28)21(29)26-27(14-18-9-5-3-6-10-18)15-19-11-7-4-8-12-19/h3-13H,14-15H2,1-2H3,(H,26,29). The molecule has 29 heavy (non-hydrogen) atoms. The fourth-order valence-electron chi connectivity index (χ4n) is 3.20. The Morgan fingerprint density at radius 3 is 2.10 bits per heavy atom. The van der Waals surface area contributed by atoms with Crippen LogP contribution >= 0.6 is 0 Å². The monoisotopic (exact) mass is 386 g/mol. The Bertz CT molecular complexity index is 1080. The average molecular weight is 386 g/mol. The Balaban J connectivity index is 1.57. The molecule has 0 bridgehead atoms. The first-order valence-corrected chi connectivity index (χ1v) is 9.43. The highest BCUT2D eigenvalue weighted by Gasteiger charge is 2.18. The van der Waals surface area contributed by atoms with E-state index in [2.05, 4.69) is 20.5 Å². The van der Waals surface area contributed by atoms with E-state index in [4.69, 9.17) is 0 Å². The van der Waals surface area contributed by atoms with E-state index in [0.29, 0.717) is 18.9 Å². The molecule has 0 radical (unpaired) electrons. The van der Waals surface area contributed by atoms with Crippen molar-refractivity contribution in [3.05, 3.63) is 95.1 Å². The highest BCUT2D eigenvalue weighted by Crippen LogP contribution is 2.10. The molecule has 0 aliphatic carbocycles. The van der Waals surface area contributed by atoms with Crippen molar-refractivity contribution in [1.29, 1.82) is 0 Å². The van der Waals surface area contributed by atoms with Crippen LogP contribution in [0.2, 0.25) is 0 Å². The molecule has 0 fully saturated rings. The van der Waals surface area contributed by atoms with Crippen LogP contribution in [0.5, 0.6) is 0 Å². The zero-order valence-corrected chi connectivity index (χ0v) is 16.4. The van der Waals surface area contributed by atoms with Crippen LogP contribution in [-0.4, -0.2) is 30.5 Å². The third kappa shape index (κ3) is 4.47. The van der Waals surface area contributed by atoms with Crippen molar-refractivity contribution < 1.29 is 4.79 Å². The number of nitrogens with zero attached hydrogens (tertiary/aromatic N) is 5. The number of carbonyl (C=O) groups excluding carboxylic acids is 1. The van der Waals surface area contributed by atoms with Crippen molar-refractivity contribution in [2.24, 2.45) is 0 Å². The number of amides is 1. The van der Waals surface area contributed by atoms with E-state index >= 15 is 0 Å². The van der Waals surface area contributed by atoms with Gasteiger partial charge in [-0.2, -0.15) is 4.98 Å². The SMILES string of the molecule is Cc1cc(C)n2nc(C(=O)NN(Cc3ccccc3)Cc3ccccc3)nc2n1. The van der Waals surface area contributed by atoms with Crippen LogP contribution in [0.1, 0.15) is 33.1 Å². The Hall–Kier alpha value is -3.58. The first-order chi connectivity index (χ1) is 14.1. The third-order valence-electron chi connectivity index (χ3n) is 4.51. The maximum atomic E-state index is 12.9. The van der Waals surface area contributed by atoms with Crippen molar-refractivity contribution in [3.8, 4) is 0 Å². The number of hydrogen-bond acceptors (Lipinski definition) is 5. The summed E-state index contributed by atoms with van der Waals surface area (Å²) >= 11 is 0. The summed E-state index contributed by atoms with van der Waals surface area (Å²) in [4.78, 5) is 21.5. The van der Waals surface area contributed by atoms with Gasteiger partial charge in [0.2, 0.25) is 5.82 Å². The molecule has 7 heteroatoms. The third-order valence-corrected chi connectivity index (χ3v) is 4.51. The summed E-state index contributed by atoms with van der Waals surface area (Å²) in [6, 6.07) is 21.9. The van der Waals surface area contributed by atoms with E-state index in [1.807, 2.05) is 85.6 Å². The van der Waals surface area contributed by atoms with Gasteiger partial charge in [0.05, 0.1) is 0 Å². The highest BCUT2D eigenvalue weighted by atomic mass is 16.2. The lowest BCUT2D eigenvalue weighted by atomic mass is 10.2. The van der Waals surface area contributed by atoms with Gasteiger partial charge in [0, 0.05) is 24.5 Å². The van der Waals surface area contributed by atoms with Gasteiger partial charge in [-0.15, -0.1) is 5.10 Å². The molecule has 146 valence electrons. The van der Waals surface area contributed by atoms with E-state index in [-0.39, 0.29) is 11.7 Å². The second-order valence-corrected chi connectivity index (χ2v) is 6.95. The predicted molar refractivity (Wildman–Crippen MR) is 110 cm³/mol. The Labute approximate surface area is 169 Å². The summed E-state index contributed by atoms with van der Waals surface area (Å²) in [5.41, 5.74) is 6.86. The smallest absolute Gasteiger partial charge is 0.281 e. The lowest BCUT2D eigenvalue weighted by molar-refractivity contribution is 0.0748. The van der Waals surface area contributed by atoms with Crippen LogP contribution in [0.4, 0.5) is 0 Å². The zero-order valence-electron chi connectivity index (χ0n) is 16.4. The van der Waals surface area contributed by atoms with E-state index in [0.717, 1.165) is 22.5 Å². The molecule has 0 saturated heterocycles. The highest BCUT2D eigenvalue weighted by molar-refractivity contribution is 5.90. The lowest BCUT2D eigenvalue weighted by Crippen LogP contribution is -2.41. The summed E-state index contributed by atoms with van der Waals surface area (Å²) in [5, 5.41) is 6.19. The van der Waals surface area contributed by atoms with Crippen LogP contribution in [0, 0.1) is 13.8 Å². The molecular weight excluding hydrogens is 364 g/mol. The number of hydrogen-bond donors (Lipinski definition) is 1. The number of aromatic nitrogens is 4. The molecule has 2 aromatic heterocycles. The molecule has 4 aromatic rings. The first-order valence-electron chi connectivity index (χ1n) is 9.43. The van der Waals surface area contributed by atoms with Crippen LogP contribution in [0.15, 0.2) is 66.7 Å².